The number of carboxylic acid groups (broad SMARTS) is 2. The second kappa shape index (κ2) is 7.93. The molecular weight excluding hydrogens is 306 g/mol. The topological polar surface area (TPSA) is 86.6 Å². The van der Waals surface area contributed by atoms with Gasteiger partial charge in [0.25, 0.3) is 0 Å². The lowest BCUT2D eigenvalue weighted by Gasteiger charge is -2.22. The van der Waals surface area contributed by atoms with Gasteiger partial charge in [0.05, 0.1) is 0 Å². The van der Waals surface area contributed by atoms with Crippen molar-refractivity contribution in [3.63, 3.8) is 0 Å². The molecule has 2 unspecified atom stereocenters. The first-order chi connectivity index (χ1) is 11.4. The van der Waals surface area contributed by atoms with E-state index in [0.717, 1.165) is 16.3 Å². The minimum Gasteiger partial charge on any atom is -0.480 e. The van der Waals surface area contributed by atoms with Crippen LogP contribution in [0.1, 0.15) is 25.8 Å². The van der Waals surface area contributed by atoms with Gasteiger partial charge in [0.1, 0.15) is 12.1 Å². The van der Waals surface area contributed by atoms with Gasteiger partial charge in [-0.25, -0.2) is 0 Å². The first-order valence-corrected chi connectivity index (χ1v) is 8.06. The van der Waals surface area contributed by atoms with Gasteiger partial charge in [0.15, 0.2) is 0 Å². The molecule has 0 fully saturated rings. The highest BCUT2D eigenvalue weighted by molar-refractivity contribution is 5.86. The van der Waals surface area contributed by atoms with Crippen LogP contribution in [0.2, 0.25) is 0 Å². The number of rotatable bonds is 8. The smallest absolute Gasteiger partial charge is 0.321 e. The van der Waals surface area contributed by atoms with Crippen molar-refractivity contribution in [3.8, 4) is 0 Å². The maximum absolute atomic E-state index is 11.6. The van der Waals surface area contributed by atoms with Gasteiger partial charge in [-0.05, 0) is 35.1 Å². The van der Waals surface area contributed by atoms with E-state index in [2.05, 4.69) is 5.32 Å². The van der Waals surface area contributed by atoms with E-state index in [1.54, 1.807) is 0 Å². The van der Waals surface area contributed by atoms with Crippen molar-refractivity contribution >= 4 is 22.7 Å². The molecule has 0 saturated heterocycles. The lowest BCUT2D eigenvalue weighted by Crippen LogP contribution is -2.48. The van der Waals surface area contributed by atoms with E-state index in [1.165, 1.54) is 0 Å². The summed E-state index contributed by atoms with van der Waals surface area (Å²) >= 11 is 0. The third kappa shape index (κ3) is 4.55. The zero-order valence-electron chi connectivity index (χ0n) is 13.9. The van der Waals surface area contributed by atoms with Crippen molar-refractivity contribution in [3.05, 3.63) is 48.0 Å². The van der Waals surface area contributed by atoms with Crippen LogP contribution < -0.4 is 5.32 Å². The molecule has 0 bridgehead atoms. The van der Waals surface area contributed by atoms with E-state index in [0.29, 0.717) is 6.42 Å². The standard InChI is InChI=1S/C19H23NO4/c1-12(2)10-16(18(21)22)20-17(19(23)24)11-14-8-5-7-13-6-3-4-9-15(13)14/h3-9,12,16-17,20H,10-11H2,1-2H3,(H,21,22)(H,23,24). The number of hydrogen-bond donors (Lipinski definition) is 3. The Hall–Kier alpha value is -2.40. The van der Waals surface area contributed by atoms with Crippen LogP contribution in [-0.4, -0.2) is 34.2 Å². The van der Waals surface area contributed by atoms with Crippen molar-refractivity contribution < 1.29 is 19.8 Å². The number of benzene rings is 2. The SMILES string of the molecule is CC(C)CC(NC(Cc1cccc2ccccc12)C(=O)O)C(=O)O. The molecule has 2 aromatic rings. The number of fused-ring (bicyclic) bond motifs is 1. The minimum atomic E-state index is -1.04. The molecule has 5 nitrogen and oxygen atoms in total. The fourth-order valence-electron chi connectivity index (χ4n) is 2.86. The van der Waals surface area contributed by atoms with E-state index in [9.17, 15) is 19.8 Å². The second-order valence-electron chi connectivity index (χ2n) is 6.42. The number of carbonyl (C=O) groups is 2. The van der Waals surface area contributed by atoms with Crippen molar-refractivity contribution in [2.75, 3.05) is 0 Å². The summed E-state index contributed by atoms with van der Waals surface area (Å²) in [5.41, 5.74) is 0.890. The fraction of sp³-hybridized carbons (Fsp3) is 0.368. The highest BCUT2D eigenvalue weighted by atomic mass is 16.4. The van der Waals surface area contributed by atoms with Gasteiger partial charge >= 0.3 is 11.9 Å². The summed E-state index contributed by atoms with van der Waals surface area (Å²) in [5.74, 6) is -1.91. The Morgan fingerprint density at radius 1 is 0.958 bits per heavy atom. The lowest BCUT2D eigenvalue weighted by atomic mass is 9.97. The summed E-state index contributed by atoms with van der Waals surface area (Å²) < 4.78 is 0. The molecule has 0 aliphatic carbocycles. The van der Waals surface area contributed by atoms with Gasteiger partial charge in [0.2, 0.25) is 0 Å². The van der Waals surface area contributed by atoms with Crippen LogP contribution in [0, 0.1) is 5.92 Å². The van der Waals surface area contributed by atoms with Crippen LogP contribution in [-0.2, 0) is 16.0 Å². The molecular formula is C19H23NO4. The van der Waals surface area contributed by atoms with Crippen LogP contribution in [0.4, 0.5) is 0 Å². The molecule has 2 atom stereocenters. The Balaban J connectivity index is 2.24. The van der Waals surface area contributed by atoms with Crippen LogP contribution in [0.3, 0.4) is 0 Å². The Bertz CT molecular complexity index is 721. The Morgan fingerprint density at radius 2 is 1.58 bits per heavy atom. The van der Waals surface area contributed by atoms with Gasteiger partial charge in [-0.3, -0.25) is 14.9 Å². The maximum atomic E-state index is 11.6. The molecule has 0 spiro atoms. The monoisotopic (exact) mass is 329 g/mol. The van der Waals surface area contributed by atoms with Crippen molar-refractivity contribution in [1.29, 1.82) is 0 Å². The second-order valence-corrected chi connectivity index (χ2v) is 6.42. The van der Waals surface area contributed by atoms with Crippen molar-refractivity contribution in [2.45, 2.75) is 38.8 Å². The zero-order chi connectivity index (χ0) is 17.7. The Kier molecular flexibility index (Phi) is 5.93. The van der Waals surface area contributed by atoms with Gasteiger partial charge < -0.3 is 10.2 Å². The van der Waals surface area contributed by atoms with Gasteiger partial charge in [-0.15, -0.1) is 0 Å². The molecule has 0 amide bonds. The van der Waals surface area contributed by atoms with Crippen LogP contribution in [0.5, 0.6) is 0 Å². The Labute approximate surface area is 141 Å². The zero-order valence-corrected chi connectivity index (χ0v) is 13.9. The quantitative estimate of drug-likeness (QED) is 0.693. The maximum Gasteiger partial charge on any atom is 0.321 e. The fourth-order valence-corrected chi connectivity index (χ4v) is 2.86. The molecule has 0 aromatic heterocycles. The average molecular weight is 329 g/mol. The molecule has 2 rings (SSSR count). The number of carboxylic acids is 2. The third-order valence-corrected chi connectivity index (χ3v) is 4.01. The van der Waals surface area contributed by atoms with Crippen molar-refractivity contribution in [2.24, 2.45) is 5.92 Å². The lowest BCUT2D eigenvalue weighted by molar-refractivity contribution is -0.142. The van der Waals surface area contributed by atoms with E-state index in [1.807, 2.05) is 56.3 Å². The average Bonchev–Trinajstić information content (AvgIpc) is 2.53. The molecule has 0 aliphatic rings. The summed E-state index contributed by atoms with van der Waals surface area (Å²) in [7, 11) is 0. The molecule has 0 radical (unpaired) electrons. The van der Waals surface area contributed by atoms with Gasteiger partial charge in [-0.1, -0.05) is 56.3 Å². The highest BCUT2D eigenvalue weighted by Gasteiger charge is 2.27. The summed E-state index contributed by atoms with van der Waals surface area (Å²) in [6.45, 7) is 3.83. The predicted octanol–water partition coefficient (Wildman–Crippen LogP) is 2.92. The summed E-state index contributed by atoms with van der Waals surface area (Å²) in [6, 6.07) is 11.7. The van der Waals surface area contributed by atoms with E-state index < -0.39 is 24.0 Å². The Morgan fingerprint density at radius 3 is 2.21 bits per heavy atom. The number of hydrogen-bond acceptors (Lipinski definition) is 3. The first-order valence-electron chi connectivity index (χ1n) is 8.06. The predicted molar refractivity (Wildman–Crippen MR) is 93.1 cm³/mol. The van der Waals surface area contributed by atoms with Crippen molar-refractivity contribution in [1.82, 2.24) is 5.32 Å². The van der Waals surface area contributed by atoms with E-state index in [-0.39, 0.29) is 12.3 Å². The largest absolute Gasteiger partial charge is 0.480 e. The summed E-state index contributed by atoms with van der Waals surface area (Å²) in [4.78, 5) is 23.0. The summed E-state index contributed by atoms with van der Waals surface area (Å²) in [6.07, 6.45) is 0.618. The molecule has 0 heterocycles. The van der Waals surface area contributed by atoms with Gasteiger partial charge in [0, 0.05) is 0 Å². The van der Waals surface area contributed by atoms with E-state index in [4.69, 9.17) is 0 Å². The molecule has 24 heavy (non-hydrogen) atoms. The van der Waals surface area contributed by atoms with E-state index >= 15 is 0 Å². The molecule has 3 N–H and O–H groups in total. The molecule has 0 saturated carbocycles. The number of nitrogens with one attached hydrogen (secondary N) is 1. The third-order valence-electron chi connectivity index (χ3n) is 4.01. The molecule has 128 valence electrons. The first kappa shape index (κ1) is 17.9. The number of aliphatic carboxylic acids is 2. The molecule has 2 aromatic carbocycles. The highest BCUT2D eigenvalue weighted by Crippen LogP contribution is 2.20. The normalized spacial score (nSPS) is 13.8. The van der Waals surface area contributed by atoms with Crippen LogP contribution in [0.25, 0.3) is 10.8 Å². The summed E-state index contributed by atoms with van der Waals surface area (Å²) in [5, 5.41) is 23.7. The van der Waals surface area contributed by atoms with Gasteiger partial charge in [-0.2, -0.15) is 0 Å². The van der Waals surface area contributed by atoms with Crippen LogP contribution in [0.15, 0.2) is 42.5 Å². The molecule has 0 aliphatic heterocycles. The molecule has 5 heteroatoms. The van der Waals surface area contributed by atoms with Crippen LogP contribution >= 0.6 is 0 Å². The minimum absolute atomic E-state index is 0.158.